The van der Waals surface area contributed by atoms with Gasteiger partial charge in [-0.1, -0.05) is 6.07 Å². The molecule has 1 heterocycles. The summed E-state index contributed by atoms with van der Waals surface area (Å²) in [5.74, 6) is 0.843. The van der Waals surface area contributed by atoms with Crippen molar-refractivity contribution in [2.45, 2.75) is 24.8 Å². The second-order valence-electron chi connectivity index (χ2n) is 5.09. The summed E-state index contributed by atoms with van der Waals surface area (Å²) in [5.41, 5.74) is 1.79. The molecule has 4 heteroatoms. The average Bonchev–Trinajstić information content (AvgIpc) is 2.76. The van der Waals surface area contributed by atoms with Crippen molar-refractivity contribution in [1.82, 2.24) is 4.57 Å². The molecule has 0 bridgehead atoms. The molecule has 3 rings (SSSR count). The molecule has 1 aromatic heterocycles. The molecule has 1 saturated carbocycles. The van der Waals surface area contributed by atoms with Crippen LogP contribution in [-0.2, 0) is 17.4 Å². The highest BCUT2D eigenvalue weighted by Crippen LogP contribution is 2.48. The molecule has 0 amide bonds. The van der Waals surface area contributed by atoms with E-state index in [1.807, 2.05) is 29.9 Å². The zero-order valence-electron chi connectivity index (χ0n) is 11.1. The zero-order chi connectivity index (χ0) is 13.5. The van der Waals surface area contributed by atoms with Gasteiger partial charge in [0, 0.05) is 18.6 Å². The third-order valence-corrected chi connectivity index (χ3v) is 4.16. The van der Waals surface area contributed by atoms with Gasteiger partial charge in [0.2, 0.25) is 6.08 Å². The first-order valence-electron chi connectivity index (χ1n) is 6.43. The number of aromatic nitrogens is 1. The molecule has 1 aromatic carbocycles. The van der Waals surface area contributed by atoms with Crippen LogP contribution in [0.1, 0.15) is 24.8 Å². The van der Waals surface area contributed by atoms with Crippen molar-refractivity contribution < 1.29 is 9.53 Å². The van der Waals surface area contributed by atoms with Crippen LogP contribution in [0.4, 0.5) is 0 Å². The summed E-state index contributed by atoms with van der Waals surface area (Å²) < 4.78 is 7.45. The summed E-state index contributed by atoms with van der Waals surface area (Å²) in [6.45, 7) is 0. The number of fused-ring (bicyclic) bond motifs is 1. The predicted molar refractivity (Wildman–Crippen MR) is 73.1 cm³/mol. The van der Waals surface area contributed by atoms with E-state index in [-0.39, 0.29) is 5.54 Å². The van der Waals surface area contributed by atoms with Crippen LogP contribution in [0, 0.1) is 0 Å². The van der Waals surface area contributed by atoms with E-state index < -0.39 is 0 Å². The number of aryl methyl sites for hydroxylation is 1. The number of benzene rings is 1. The van der Waals surface area contributed by atoms with E-state index in [0.29, 0.717) is 0 Å². The second kappa shape index (κ2) is 4.25. The van der Waals surface area contributed by atoms with Gasteiger partial charge in [-0.2, -0.15) is 4.99 Å². The molecule has 1 aliphatic rings. The number of aliphatic imine (C=N–C) groups is 1. The van der Waals surface area contributed by atoms with Gasteiger partial charge in [-0.15, -0.1) is 0 Å². The van der Waals surface area contributed by atoms with E-state index in [4.69, 9.17) is 4.74 Å². The maximum Gasteiger partial charge on any atom is 0.235 e. The van der Waals surface area contributed by atoms with Crippen molar-refractivity contribution in [3.05, 3.63) is 30.0 Å². The van der Waals surface area contributed by atoms with E-state index in [2.05, 4.69) is 11.1 Å². The van der Waals surface area contributed by atoms with Gasteiger partial charge in [-0.25, -0.2) is 4.79 Å². The maximum atomic E-state index is 10.7. The highest BCUT2D eigenvalue weighted by molar-refractivity contribution is 5.90. The number of isocyanates is 1. The maximum absolute atomic E-state index is 10.7. The molecule has 0 radical (unpaired) electrons. The molecular weight excluding hydrogens is 240 g/mol. The number of hydrogen-bond donors (Lipinski definition) is 0. The Morgan fingerprint density at radius 3 is 2.74 bits per heavy atom. The van der Waals surface area contributed by atoms with Crippen LogP contribution in [0.3, 0.4) is 0 Å². The van der Waals surface area contributed by atoms with Gasteiger partial charge in [0.05, 0.1) is 18.2 Å². The highest BCUT2D eigenvalue weighted by Gasteiger charge is 2.40. The Labute approximate surface area is 111 Å². The fourth-order valence-corrected chi connectivity index (χ4v) is 2.99. The predicted octanol–water partition coefficient (Wildman–Crippen LogP) is 2.90. The second-order valence-corrected chi connectivity index (χ2v) is 5.09. The monoisotopic (exact) mass is 256 g/mol. The summed E-state index contributed by atoms with van der Waals surface area (Å²) in [5, 5.41) is 1.11. The summed E-state index contributed by atoms with van der Waals surface area (Å²) in [6, 6.07) is 6.05. The topological polar surface area (TPSA) is 43.6 Å². The van der Waals surface area contributed by atoms with Crippen molar-refractivity contribution in [3.8, 4) is 5.75 Å². The van der Waals surface area contributed by atoms with Crippen molar-refractivity contribution in [1.29, 1.82) is 0 Å². The molecule has 2 aromatic rings. The van der Waals surface area contributed by atoms with Crippen LogP contribution in [0.2, 0.25) is 0 Å². The molecule has 0 aliphatic heterocycles. The summed E-state index contributed by atoms with van der Waals surface area (Å²) in [4.78, 5) is 14.8. The first-order valence-corrected chi connectivity index (χ1v) is 6.43. The van der Waals surface area contributed by atoms with Gasteiger partial charge in [0.15, 0.2) is 0 Å². The Bertz CT molecular complexity index is 677. The Morgan fingerprint density at radius 2 is 2.16 bits per heavy atom. The van der Waals surface area contributed by atoms with Gasteiger partial charge in [0.1, 0.15) is 5.75 Å². The normalized spacial score (nSPS) is 16.7. The minimum Gasteiger partial charge on any atom is -0.495 e. The van der Waals surface area contributed by atoms with E-state index >= 15 is 0 Å². The first-order chi connectivity index (χ1) is 9.22. The van der Waals surface area contributed by atoms with E-state index in [1.165, 1.54) is 0 Å². The SMILES string of the molecule is COc1ccc(C2(N=C=O)CCC2)c2ccn(C)c12. The third kappa shape index (κ3) is 1.60. The fourth-order valence-electron chi connectivity index (χ4n) is 2.99. The summed E-state index contributed by atoms with van der Waals surface area (Å²) in [6.07, 6.45) is 6.69. The third-order valence-electron chi connectivity index (χ3n) is 4.16. The van der Waals surface area contributed by atoms with Crippen LogP contribution in [0.15, 0.2) is 29.4 Å². The van der Waals surface area contributed by atoms with Crippen molar-refractivity contribution in [2.75, 3.05) is 7.11 Å². The largest absolute Gasteiger partial charge is 0.495 e. The van der Waals surface area contributed by atoms with Crippen LogP contribution in [0.5, 0.6) is 5.75 Å². The lowest BCUT2D eigenvalue weighted by Gasteiger charge is -2.37. The Balaban J connectivity index is 2.28. The fraction of sp³-hybridized carbons (Fsp3) is 0.400. The molecule has 0 spiro atoms. The zero-order valence-corrected chi connectivity index (χ0v) is 11.1. The van der Waals surface area contributed by atoms with Crippen LogP contribution >= 0.6 is 0 Å². The van der Waals surface area contributed by atoms with Crippen LogP contribution < -0.4 is 4.74 Å². The number of hydrogen-bond acceptors (Lipinski definition) is 3. The Hall–Kier alpha value is -2.06. The van der Waals surface area contributed by atoms with E-state index in [1.54, 1.807) is 13.2 Å². The molecule has 1 aliphatic carbocycles. The van der Waals surface area contributed by atoms with E-state index in [0.717, 1.165) is 41.5 Å². The number of methoxy groups -OCH3 is 1. The van der Waals surface area contributed by atoms with Gasteiger partial charge in [-0.3, -0.25) is 0 Å². The smallest absolute Gasteiger partial charge is 0.235 e. The van der Waals surface area contributed by atoms with Gasteiger partial charge >= 0.3 is 0 Å². The standard InChI is InChI=1S/C15H16N2O2/c1-17-9-6-11-12(4-5-13(19-2)14(11)17)15(16-10-18)7-3-8-15/h4-6,9H,3,7-8H2,1-2H3. The summed E-state index contributed by atoms with van der Waals surface area (Å²) in [7, 11) is 3.66. The molecule has 0 N–H and O–H groups in total. The number of nitrogens with zero attached hydrogens (tertiary/aromatic N) is 2. The number of rotatable bonds is 3. The molecule has 0 unspecified atom stereocenters. The number of ether oxygens (including phenoxy) is 1. The van der Waals surface area contributed by atoms with Crippen molar-refractivity contribution in [3.63, 3.8) is 0 Å². The summed E-state index contributed by atoms with van der Waals surface area (Å²) >= 11 is 0. The van der Waals surface area contributed by atoms with Crippen molar-refractivity contribution in [2.24, 2.45) is 12.0 Å². The molecule has 4 nitrogen and oxygen atoms in total. The van der Waals surface area contributed by atoms with Crippen molar-refractivity contribution >= 4 is 17.0 Å². The number of carbonyl (C=O) groups excluding carboxylic acids is 1. The molecule has 0 atom stereocenters. The van der Waals surface area contributed by atoms with Crippen LogP contribution in [-0.4, -0.2) is 17.8 Å². The van der Waals surface area contributed by atoms with Gasteiger partial charge in [-0.05, 0) is 37.0 Å². The lowest BCUT2D eigenvalue weighted by Crippen LogP contribution is -2.32. The minimum atomic E-state index is -0.367. The lowest BCUT2D eigenvalue weighted by molar-refractivity contribution is 0.258. The van der Waals surface area contributed by atoms with E-state index in [9.17, 15) is 4.79 Å². The molecule has 1 fully saturated rings. The van der Waals surface area contributed by atoms with Crippen LogP contribution in [0.25, 0.3) is 10.9 Å². The van der Waals surface area contributed by atoms with Gasteiger partial charge in [0.25, 0.3) is 0 Å². The highest BCUT2D eigenvalue weighted by atomic mass is 16.5. The minimum absolute atomic E-state index is 0.367. The molecule has 0 saturated heterocycles. The quantitative estimate of drug-likeness (QED) is 0.626. The van der Waals surface area contributed by atoms with Gasteiger partial charge < -0.3 is 9.30 Å². The first kappa shape index (κ1) is 12.0. The molecular formula is C15H16N2O2. The molecule has 19 heavy (non-hydrogen) atoms. The average molecular weight is 256 g/mol. The Morgan fingerprint density at radius 1 is 1.37 bits per heavy atom. The lowest BCUT2D eigenvalue weighted by atomic mass is 9.71. The molecule has 98 valence electrons. The Kier molecular flexibility index (Phi) is 2.68.